The SMILES string of the molecule is O=C(O)c1nnn(Cc2csc(Br)c2)c1-c1cccs1. The molecule has 3 heterocycles. The van der Waals surface area contributed by atoms with Gasteiger partial charge in [0.25, 0.3) is 0 Å². The van der Waals surface area contributed by atoms with Gasteiger partial charge >= 0.3 is 5.97 Å². The van der Waals surface area contributed by atoms with E-state index in [1.807, 2.05) is 29.0 Å². The Hall–Kier alpha value is -1.51. The average Bonchev–Trinajstić information content (AvgIpc) is 3.10. The van der Waals surface area contributed by atoms with Crippen molar-refractivity contribution in [3.05, 3.63) is 44.0 Å². The zero-order valence-corrected chi connectivity index (χ0v) is 13.2. The van der Waals surface area contributed by atoms with Crippen LogP contribution in [0.2, 0.25) is 0 Å². The van der Waals surface area contributed by atoms with Crippen molar-refractivity contribution in [2.75, 3.05) is 0 Å². The van der Waals surface area contributed by atoms with Crippen molar-refractivity contribution >= 4 is 44.6 Å². The molecule has 0 saturated carbocycles. The first-order valence-corrected chi connectivity index (χ1v) is 8.14. The molecule has 1 N–H and O–H groups in total. The largest absolute Gasteiger partial charge is 0.476 e. The molecule has 0 spiro atoms. The predicted octanol–water partition coefficient (Wildman–Crippen LogP) is 3.58. The van der Waals surface area contributed by atoms with Gasteiger partial charge in [-0.05, 0) is 44.4 Å². The van der Waals surface area contributed by atoms with Crippen molar-refractivity contribution < 1.29 is 9.90 Å². The molecular formula is C12H8BrN3O2S2. The van der Waals surface area contributed by atoms with Crippen LogP contribution in [0.15, 0.2) is 32.7 Å². The highest BCUT2D eigenvalue weighted by atomic mass is 79.9. The Kier molecular flexibility index (Phi) is 3.68. The Morgan fingerprint density at radius 2 is 2.30 bits per heavy atom. The number of aromatic nitrogens is 3. The van der Waals surface area contributed by atoms with Crippen LogP contribution >= 0.6 is 38.6 Å². The molecule has 0 fully saturated rings. The van der Waals surface area contributed by atoms with Crippen molar-refractivity contribution in [3.8, 4) is 10.6 Å². The molecule has 0 atom stereocenters. The standard InChI is InChI=1S/C12H8BrN3O2S2/c13-9-4-7(6-20-9)5-16-11(8-2-1-3-19-8)10(12(17)18)14-15-16/h1-4,6H,5H2,(H,17,18). The van der Waals surface area contributed by atoms with E-state index in [0.29, 0.717) is 12.2 Å². The van der Waals surface area contributed by atoms with Crippen LogP contribution in [0.4, 0.5) is 0 Å². The van der Waals surface area contributed by atoms with Gasteiger partial charge in [0.05, 0.1) is 15.2 Å². The van der Waals surface area contributed by atoms with Crippen LogP contribution in [-0.2, 0) is 6.54 Å². The molecule has 5 nitrogen and oxygen atoms in total. The Labute approximate surface area is 130 Å². The first kappa shape index (κ1) is 13.5. The highest BCUT2D eigenvalue weighted by molar-refractivity contribution is 9.11. The molecule has 0 amide bonds. The first-order valence-electron chi connectivity index (χ1n) is 5.58. The number of thiophene rings is 2. The molecule has 0 aliphatic rings. The summed E-state index contributed by atoms with van der Waals surface area (Å²) in [4.78, 5) is 12.1. The summed E-state index contributed by atoms with van der Waals surface area (Å²) in [5.41, 5.74) is 1.60. The molecule has 8 heteroatoms. The van der Waals surface area contributed by atoms with E-state index in [0.717, 1.165) is 14.2 Å². The number of aromatic carboxylic acids is 1. The number of nitrogens with zero attached hydrogens (tertiary/aromatic N) is 3. The van der Waals surface area contributed by atoms with Crippen LogP contribution in [0.1, 0.15) is 16.1 Å². The van der Waals surface area contributed by atoms with Gasteiger partial charge in [-0.25, -0.2) is 9.48 Å². The lowest BCUT2D eigenvalue weighted by atomic mass is 10.2. The van der Waals surface area contributed by atoms with E-state index < -0.39 is 5.97 Å². The van der Waals surface area contributed by atoms with E-state index in [2.05, 4.69) is 26.2 Å². The zero-order chi connectivity index (χ0) is 14.1. The van der Waals surface area contributed by atoms with E-state index in [4.69, 9.17) is 0 Å². The third-order valence-corrected chi connectivity index (χ3v) is 5.08. The number of carboxylic acids is 1. The smallest absolute Gasteiger partial charge is 0.358 e. The van der Waals surface area contributed by atoms with Crippen molar-refractivity contribution in [2.24, 2.45) is 0 Å². The fourth-order valence-corrected chi connectivity index (χ4v) is 3.80. The lowest BCUT2D eigenvalue weighted by molar-refractivity contribution is 0.0691. The molecular weight excluding hydrogens is 362 g/mol. The van der Waals surface area contributed by atoms with Crippen molar-refractivity contribution in [1.29, 1.82) is 0 Å². The third kappa shape index (κ3) is 2.54. The highest BCUT2D eigenvalue weighted by Gasteiger charge is 2.21. The fraction of sp³-hybridized carbons (Fsp3) is 0.0833. The lowest BCUT2D eigenvalue weighted by Gasteiger charge is -2.03. The van der Waals surface area contributed by atoms with Crippen LogP contribution in [0, 0.1) is 0 Å². The second kappa shape index (κ2) is 5.47. The van der Waals surface area contributed by atoms with Gasteiger partial charge in [0, 0.05) is 0 Å². The van der Waals surface area contributed by atoms with Crippen molar-refractivity contribution in [1.82, 2.24) is 15.0 Å². The molecule has 0 aromatic carbocycles. The molecule has 0 saturated heterocycles. The number of carboxylic acid groups (broad SMARTS) is 1. The first-order chi connectivity index (χ1) is 9.65. The zero-order valence-electron chi connectivity index (χ0n) is 9.99. The molecule has 20 heavy (non-hydrogen) atoms. The van der Waals surface area contributed by atoms with Crippen LogP contribution in [0.3, 0.4) is 0 Å². The molecule has 3 aromatic rings. The van der Waals surface area contributed by atoms with Gasteiger partial charge in [-0.3, -0.25) is 0 Å². The summed E-state index contributed by atoms with van der Waals surface area (Å²) in [5.74, 6) is -1.06. The minimum Gasteiger partial charge on any atom is -0.476 e. The second-order valence-corrected chi connectivity index (χ2v) is 7.22. The summed E-state index contributed by atoms with van der Waals surface area (Å²) in [5, 5.41) is 20.9. The van der Waals surface area contributed by atoms with Crippen LogP contribution in [0.25, 0.3) is 10.6 Å². The monoisotopic (exact) mass is 369 g/mol. The van der Waals surface area contributed by atoms with Gasteiger partial charge in [0.15, 0.2) is 5.69 Å². The summed E-state index contributed by atoms with van der Waals surface area (Å²) in [6.45, 7) is 0.496. The van der Waals surface area contributed by atoms with E-state index in [9.17, 15) is 9.90 Å². The summed E-state index contributed by atoms with van der Waals surface area (Å²) in [7, 11) is 0. The number of rotatable bonds is 4. The Morgan fingerprint density at radius 1 is 1.45 bits per heavy atom. The number of halogens is 1. The summed E-state index contributed by atoms with van der Waals surface area (Å²) >= 11 is 6.47. The minimum atomic E-state index is -1.06. The van der Waals surface area contributed by atoms with Gasteiger partial charge in [0.2, 0.25) is 0 Å². The Morgan fingerprint density at radius 3 is 2.90 bits per heavy atom. The summed E-state index contributed by atoms with van der Waals surface area (Å²) < 4.78 is 2.66. The average molecular weight is 370 g/mol. The summed E-state index contributed by atoms with van der Waals surface area (Å²) in [6, 6.07) is 5.74. The summed E-state index contributed by atoms with van der Waals surface area (Å²) in [6.07, 6.45) is 0. The van der Waals surface area contributed by atoms with E-state index in [1.165, 1.54) is 11.3 Å². The number of hydrogen-bond donors (Lipinski definition) is 1. The van der Waals surface area contributed by atoms with E-state index in [-0.39, 0.29) is 5.69 Å². The van der Waals surface area contributed by atoms with E-state index in [1.54, 1.807) is 16.0 Å². The van der Waals surface area contributed by atoms with Gasteiger partial charge in [-0.15, -0.1) is 27.8 Å². The second-order valence-electron chi connectivity index (χ2n) is 3.99. The van der Waals surface area contributed by atoms with Crippen LogP contribution in [0.5, 0.6) is 0 Å². The highest BCUT2D eigenvalue weighted by Crippen LogP contribution is 2.28. The normalized spacial score (nSPS) is 10.8. The molecule has 0 radical (unpaired) electrons. The maximum atomic E-state index is 11.3. The third-order valence-electron chi connectivity index (χ3n) is 2.65. The maximum absolute atomic E-state index is 11.3. The molecule has 0 aliphatic heterocycles. The molecule has 0 bridgehead atoms. The molecule has 3 rings (SSSR count). The Balaban J connectivity index is 2.05. The quantitative estimate of drug-likeness (QED) is 0.762. The molecule has 102 valence electrons. The molecule has 3 aromatic heterocycles. The van der Waals surface area contributed by atoms with Crippen LogP contribution in [-0.4, -0.2) is 26.1 Å². The predicted molar refractivity (Wildman–Crippen MR) is 81.4 cm³/mol. The van der Waals surface area contributed by atoms with Crippen LogP contribution < -0.4 is 0 Å². The van der Waals surface area contributed by atoms with Gasteiger partial charge in [-0.1, -0.05) is 11.3 Å². The number of hydrogen-bond acceptors (Lipinski definition) is 5. The maximum Gasteiger partial charge on any atom is 0.358 e. The fourth-order valence-electron chi connectivity index (χ4n) is 1.83. The molecule has 0 unspecified atom stereocenters. The Bertz CT molecular complexity index is 749. The van der Waals surface area contributed by atoms with E-state index >= 15 is 0 Å². The van der Waals surface area contributed by atoms with Gasteiger partial charge in [-0.2, -0.15) is 0 Å². The lowest BCUT2D eigenvalue weighted by Crippen LogP contribution is -2.04. The number of carbonyl (C=O) groups is 1. The topological polar surface area (TPSA) is 68.0 Å². The van der Waals surface area contributed by atoms with Crippen molar-refractivity contribution in [3.63, 3.8) is 0 Å². The minimum absolute atomic E-state index is 0.0123. The molecule has 0 aliphatic carbocycles. The van der Waals surface area contributed by atoms with Crippen molar-refractivity contribution in [2.45, 2.75) is 6.54 Å². The van der Waals surface area contributed by atoms with Gasteiger partial charge in [0.1, 0.15) is 5.69 Å². The van der Waals surface area contributed by atoms with Gasteiger partial charge < -0.3 is 5.11 Å².